The number of pyridine rings is 1. The Labute approximate surface area is 112 Å². The van der Waals surface area contributed by atoms with Gasteiger partial charge in [-0.05, 0) is 18.2 Å². The van der Waals surface area contributed by atoms with Crippen molar-refractivity contribution >= 4 is 11.6 Å². The molecule has 0 aliphatic carbocycles. The Bertz CT molecular complexity index is 517. The summed E-state index contributed by atoms with van der Waals surface area (Å²) in [5.74, 6) is 0.682. The molecular weight excluding hydrogens is 248 g/mol. The summed E-state index contributed by atoms with van der Waals surface area (Å²) in [6.07, 6.45) is 3.25. The van der Waals surface area contributed by atoms with Crippen molar-refractivity contribution < 1.29 is 4.74 Å². The van der Waals surface area contributed by atoms with Gasteiger partial charge in [-0.3, -0.25) is 4.98 Å². The van der Waals surface area contributed by atoms with E-state index in [9.17, 15) is 0 Å². The standard InChI is InChI=1S/C14H15ClN2O/c1-16-7-11-4-2-3-5-12(11)10-18-14-6-13(15)8-17-9-14/h2-6,8-9,16H,7,10H2,1H3. The number of hydrogen-bond donors (Lipinski definition) is 1. The van der Waals surface area contributed by atoms with E-state index in [-0.39, 0.29) is 0 Å². The van der Waals surface area contributed by atoms with Gasteiger partial charge in [0.1, 0.15) is 12.4 Å². The normalized spacial score (nSPS) is 10.3. The lowest BCUT2D eigenvalue weighted by molar-refractivity contribution is 0.303. The summed E-state index contributed by atoms with van der Waals surface area (Å²) in [6.45, 7) is 1.34. The minimum atomic E-state index is 0.514. The van der Waals surface area contributed by atoms with E-state index in [1.807, 2.05) is 19.2 Å². The molecule has 1 heterocycles. The fraction of sp³-hybridized carbons (Fsp3) is 0.214. The van der Waals surface area contributed by atoms with E-state index < -0.39 is 0 Å². The van der Waals surface area contributed by atoms with Crippen LogP contribution in [0, 0.1) is 0 Å². The van der Waals surface area contributed by atoms with Crippen LogP contribution in [0.4, 0.5) is 0 Å². The monoisotopic (exact) mass is 262 g/mol. The number of benzene rings is 1. The zero-order valence-corrected chi connectivity index (χ0v) is 10.9. The molecule has 0 unspecified atom stereocenters. The van der Waals surface area contributed by atoms with E-state index in [2.05, 4.69) is 22.4 Å². The molecule has 0 radical (unpaired) electrons. The average molecular weight is 263 g/mol. The molecular formula is C14H15ClN2O. The van der Waals surface area contributed by atoms with Gasteiger partial charge in [0.05, 0.1) is 11.2 Å². The Morgan fingerprint density at radius 3 is 2.72 bits per heavy atom. The van der Waals surface area contributed by atoms with Gasteiger partial charge < -0.3 is 10.1 Å². The number of ether oxygens (including phenoxy) is 1. The first kappa shape index (κ1) is 12.9. The molecule has 1 aromatic heterocycles. The Balaban J connectivity index is 2.06. The minimum absolute atomic E-state index is 0.514. The van der Waals surface area contributed by atoms with Crippen LogP contribution in [0.2, 0.25) is 5.02 Å². The molecule has 0 aliphatic rings. The summed E-state index contributed by atoms with van der Waals surface area (Å²) in [6, 6.07) is 9.94. The Hall–Kier alpha value is -1.58. The number of nitrogens with zero attached hydrogens (tertiary/aromatic N) is 1. The highest BCUT2D eigenvalue weighted by atomic mass is 35.5. The second-order valence-electron chi connectivity index (χ2n) is 3.93. The predicted molar refractivity (Wildman–Crippen MR) is 72.8 cm³/mol. The second kappa shape index (κ2) is 6.38. The van der Waals surface area contributed by atoms with E-state index in [4.69, 9.17) is 16.3 Å². The van der Waals surface area contributed by atoms with Crippen LogP contribution in [-0.4, -0.2) is 12.0 Å². The van der Waals surface area contributed by atoms with E-state index in [0.29, 0.717) is 17.4 Å². The number of aromatic nitrogens is 1. The van der Waals surface area contributed by atoms with Gasteiger partial charge in [0, 0.05) is 18.8 Å². The first-order valence-corrected chi connectivity index (χ1v) is 6.12. The summed E-state index contributed by atoms with van der Waals surface area (Å²) in [4.78, 5) is 3.99. The maximum Gasteiger partial charge on any atom is 0.139 e. The fourth-order valence-corrected chi connectivity index (χ4v) is 1.86. The van der Waals surface area contributed by atoms with Crippen LogP contribution in [0.3, 0.4) is 0 Å². The summed E-state index contributed by atoms with van der Waals surface area (Å²) >= 11 is 5.86. The quantitative estimate of drug-likeness (QED) is 0.899. The van der Waals surface area contributed by atoms with Crippen molar-refractivity contribution in [2.45, 2.75) is 13.2 Å². The Kier molecular flexibility index (Phi) is 4.56. The van der Waals surface area contributed by atoms with E-state index in [1.54, 1.807) is 18.5 Å². The maximum atomic E-state index is 5.86. The topological polar surface area (TPSA) is 34.1 Å². The molecule has 0 amide bonds. The molecule has 0 spiro atoms. The number of hydrogen-bond acceptors (Lipinski definition) is 3. The van der Waals surface area contributed by atoms with Gasteiger partial charge in [-0.1, -0.05) is 35.9 Å². The molecule has 1 aromatic carbocycles. The highest BCUT2D eigenvalue weighted by Crippen LogP contribution is 2.17. The van der Waals surface area contributed by atoms with E-state index >= 15 is 0 Å². The van der Waals surface area contributed by atoms with Gasteiger partial charge in [-0.15, -0.1) is 0 Å². The van der Waals surface area contributed by atoms with E-state index in [0.717, 1.165) is 12.1 Å². The molecule has 94 valence electrons. The highest BCUT2D eigenvalue weighted by Gasteiger charge is 2.02. The van der Waals surface area contributed by atoms with Crippen LogP contribution in [0.25, 0.3) is 0 Å². The number of nitrogens with one attached hydrogen (secondary N) is 1. The van der Waals surface area contributed by atoms with Crippen molar-refractivity contribution in [1.82, 2.24) is 10.3 Å². The summed E-state index contributed by atoms with van der Waals surface area (Å²) in [5, 5.41) is 3.72. The summed E-state index contributed by atoms with van der Waals surface area (Å²) in [7, 11) is 1.93. The lowest BCUT2D eigenvalue weighted by Crippen LogP contribution is -2.09. The van der Waals surface area contributed by atoms with Crippen molar-refractivity contribution in [3.63, 3.8) is 0 Å². The highest BCUT2D eigenvalue weighted by molar-refractivity contribution is 6.30. The molecule has 0 aliphatic heterocycles. The average Bonchev–Trinajstić information content (AvgIpc) is 2.38. The third kappa shape index (κ3) is 3.45. The number of rotatable bonds is 5. The van der Waals surface area contributed by atoms with Crippen molar-refractivity contribution in [3.05, 3.63) is 58.9 Å². The first-order chi connectivity index (χ1) is 8.79. The zero-order valence-electron chi connectivity index (χ0n) is 10.2. The molecule has 0 saturated heterocycles. The van der Waals surface area contributed by atoms with Gasteiger partial charge >= 0.3 is 0 Å². The van der Waals surface area contributed by atoms with Crippen molar-refractivity contribution in [1.29, 1.82) is 0 Å². The summed E-state index contributed by atoms with van der Waals surface area (Å²) < 4.78 is 5.69. The van der Waals surface area contributed by atoms with Crippen LogP contribution in [0.5, 0.6) is 5.75 Å². The van der Waals surface area contributed by atoms with Crippen molar-refractivity contribution in [3.8, 4) is 5.75 Å². The lowest BCUT2D eigenvalue weighted by atomic mass is 10.1. The largest absolute Gasteiger partial charge is 0.487 e. The van der Waals surface area contributed by atoms with Gasteiger partial charge in [0.25, 0.3) is 0 Å². The Morgan fingerprint density at radius 2 is 2.00 bits per heavy atom. The molecule has 1 N–H and O–H groups in total. The molecule has 4 heteroatoms. The third-order valence-corrected chi connectivity index (χ3v) is 2.77. The maximum absolute atomic E-state index is 5.86. The van der Waals surface area contributed by atoms with Crippen LogP contribution in [0.1, 0.15) is 11.1 Å². The number of halogens is 1. The van der Waals surface area contributed by atoms with Crippen LogP contribution in [-0.2, 0) is 13.2 Å². The van der Waals surface area contributed by atoms with Gasteiger partial charge in [0.15, 0.2) is 0 Å². The van der Waals surface area contributed by atoms with Crippen molar-refractivity contribution in [2.75, 3.05) is 7.05 Å². The smallest absolute Gasteiger partial charge is 0.139 e. The molecule has 18 heavy (non-hydrogen) atoms. The molecule has 3 nitrogen and oxygen atoms in total. The molecule has 0 fully saturated rings. The molecule has 0 saturated carbocycles. The van der Waals surface area contributed by atoms with Crippen LogP contribution in [0.15, 0.2) is 42.7 Å². The van der Waals surface area contributed by atoms with Crippen LogP contribution < -0.4 is 10.1 Å². The second-order valence-corrected chi connectivity index (χ2v) is 4.36. The molecule has 0 bridgehead atoms. The van der Waals surface area contributed by atoms with E-state index in [1.165, 1.54) is 5.56 Å². The zero-order chi connectivity index (χ0) is 12.8. The Morgan fingerprint density at radius 1 is 1.22 bits per heavy atom. The predicted octanol–water partition coefficient (Wildman–Crippen LogP) is 3.03. The van der Waals surface area contributed by atoms with Gasteiger partial charge in [-0.2, -0.15) is 0 Å². The molecule has 2 aromatic rings. The minimum Gasteiger partial charge on any atom is -0.487 e. The lowest BCUT2D eigenvalue weighted by Gasteiger charge is -2.10. The third-order valence-electron chi connectivity index (χ3n) is 2.56. The molecule has 0 atom stereocenters. The molecule has 2 rings (SSSR count). The first-order valence-electron chi connectivity index (χ1n) is 5.74. The van der Waals surface area contributed by atoms with Gasteiger partial charge in [0.2, 0.25) is 0 Å². The fourth-order valence-electron chi connectivity index (χ4n) is 1.69. The SMILES string of the molecule is CNCc1ccccc1COc1cncc(Cl)c1. The van der Waals surface area contributed by atoms with Crippen LogP contribution >= 0.6 is 11.6 Å². The summed E-state index contributed by atoms with van der Waals surface area (Å²) in [5.41, 5.74) is 2.39. The van der Waals surface area contributed by atoms with Gasteiger partial charge in [-0.25, -0.2) is 0 Å². The van der Waals surface area contributed by atoms with Crippen molar-refractivity contribution in [2.24, 2.45) is 0 Å².